The van der Waals surface area contributed by atoms with Crippen molar-refractivity contribution in [1.82, 2.24) is 19.8 Å². The molecule has 7 nitrogen and oxygen atoms in total. The van der Waals surface area contributed by atoms with Crippen molar-refractivity contribution in [3.05, 3.63) is 70.7 Å². The van der Waals surface area contributed by atoms with Gasteiger partial charge in [-0.05, 0) is 34.2 Å². The molecule has 0 aliphatic heterocycles. The first-order chi connectivity index (χ1) is 12.2. The molecule has 3 aromatic rings. The van der Waals surface area contributed by atoms with Crippen molar-refractivity contribution in [2.45, 2.75) is 6.61 Å². The number of para-hydroxylation sites is 2. The van der Waals surface area contributed by atoms with Crippen LogP contribution in [0.4, 0.5) is 0 Å². The summed E-state index contributed by atoms with van der Waals surface area (Å²) in [7, 11) is 3.14. The van der Waals surface area contributed by atoms with Crippen molar-refractivity contribution in [3.8, 4) is 17.2 Å². The molecular weight excluding hydrogens is 320 g/mol. The average molecular weight is 338 g/mol. The Balaban J connectivity index is 2.01. The van der Waals surface area contributed by atoms with Crippen molar-refractivity contribution in [3.63, 3.8) is 0 Å². The number of rotatable bonds is 6. The number of benzene rings is 2. The van der Waals surface area contributed by atoms with Gasteiger partial charge in [-0.2, -0.15) is 9.36 Å². The van der Waals surface area contributed by atoms with E-state index < -0.39 is 0 Å². The summed E-state index contributed by atoms with van der Waals surface area (Å²) in [5.41, 5.74) is 1.90. The van der Waals surface area contributed by atoms with E-state index in [1.165, 1.54) is 9.36 Å². The van der Waals surface area contributed by atoms with Crippen molar-refractivity contribution < 1.29 is 9.47 Å². The van der Waals surface area contributed by atoms with Gasteiger partial charge in [0.2, 0.25) is 0 Å². The van der Waals surface area contributed by atoms with Crippen LogP contribution in [0.1, 0.15) is 11.1 Å². The second kappa shape index (κ2) is 7.04. The molecule has 0 spiro atoms. The molecule has 0 atom stereocenters. The molecule has 2 aromatic carbocycles. The summed E-state index contributed by atoms with van der Waals surface area (Å²) in [6.07, 6.45) is 1.71. The van der Waals surface area contributed by atoms with E-state index in [0.717, 1.165) is 11.1 Å². The zero-order chi connectivity index (χ0) is 17.8. The second-order valence-electron chi connectivity index (χ2n) is 5.29. The molecule has 0 saturated heterocycles. The summed E-state index contributed by atoms with van der Waals surface area (Å²) in [4.78, 5) is 12.2. The summed E-state index contributed by atoms with van der Waals surface area (Å²) < 4.78 is 13.6. The first kappa shape index (κ1) is 16.5. The Morgan fingerprint density at radius 2 is 1.88 bits per heavy atom. The maximum absolute atomic E-state index is 12.2. The molecular formula is C18H18N4O3. The van der Waals surface area contributed by atoms with Crippen LogP contribution in [-0.2, 0) is 13.7 Å². The molecule has 0 amide bonds. The number of tetrazole rings is 1. The monoisotopic (exact) mass is 338 g/mol. The number of methoxy groups -OCH3 is 1. The van der Waals surface area contributed by atoms with Gasteiger partial charge in [0.25, 0.3) is 0 Å². The van der Waals surface area contributed by atoms with Crippen LogP contribution in [0.2, 0.25) is 0 Å². The standard InChI is InChI=1S/C18H18N4O3/c1-4-13-8-7-9-15(22-18(23)21(2)19-20-22)14(13)12-25-17-11-6-5-10-16(17)24-3/h4-11H,1,12H2,2-3H3. The molecule has 0 saturated carbocycles. The summed E-state index contributed by atoms with van der Waals surface area (Å²) in [5.74, 6) is 1.25. The van der Waals surface area contributed by atoms with Gasteiger partial charge >= 0.3 is 5.69 Å². The normalized spacial score (nSPS) is 10.5. The third-order valence-corrected chi connectivity index (χ3v) is 3.80. The predicted octanol–water partition coefficient (Wildman–Crippen LogP) is 2.20. The minimum atomic E-state index is -0.334. The molecule has 1 heterocycles. The Bertz CT molecular complexity index is 959. The first-order valence-electron chi connectivity index (χ1n) is 7.65. The first-order valence-corrected chi connectivity index (χ1v) is 7.65. The number of aryl methyl sites for hydroxylation is 1. The van der Waals surface area contributed by atoms with Gasteiger partial charge in [-0.25, -0.2) is 4.79 Å². The van der Waals surface area contributed by atoms with Crippen LogP contribution in [0.25, 0.3) is 11.8 Å². The highest BCUT2D eigenvalue weighted by Gasteiger charge is 2.14. The molecule has 1 aromatic heterocycles. The van der Waals surface area contributed by atoms with Gasteiger partial charge in [0.05, 0.1) is 12.8 Å². The minimum Gasteiger partial charge on any atom is -0.493 e. The fourth-order valence-corrected chi connectivity index (χ4v) is 2.49. The van der Waals surface area contributed by atoms with Gasteiger partial charge in [-0.3, -0.25) is 0 Å². The van der Waals surface area contributed by atoms with Gasteiger partial charge in [-0.1, -0.05) is 36.9 Å². The number of hydrogen-bond donors (Lipinski definition) is 0. The van der Waals surface area contributed by atoms with Crippen LogP contribution in [0, 0.1) is 0 Å². The number of nitrogens with zero attached hydrogens (tertiary/aromatic N) is 4. The van der Waals surface area contributed by atoms with Crippen molar-refractivity contribution in [1.29, 1.82) is 0 Å². The molecule has 0 N–H and O–H groups in total. The smallest absolute Gasteiger partial charge is 0.368 e. The van der Waals surface area contributed by atoms with E-state index in [1.54, 1.807) is 26.3 Å². The SMILES string of the molecule is C=Cc1cccc(-n2nnn(C)c2=O)c1COc1ccccc1OC. The Morgan fingerprint density at radius 1 is 1.12 bits per heavy atom. The van der Waals surface area contributed by atoms with Crippen molar-refractivity contribution >= 4 is 6.08 Å². The zero-order valence-electron chi connectivity index (χ0n) is 14.0. The molecule has 7 heteroatoms. The summed E-state index contributed by atoms with van der Waals surface area (Å²) in [5, 5.41) is 7.68. The number of aromatic nitrogens is 4. The fraction of sp³-hybridized carbons (Fsp3) is 0.167. The molecule has 0 bridgehead atoms. The lowest BCUT2D eigenvalue weighted by molar-refractivity contribution is 0.284. The Hall–Kier alpha value is -3.35. The maximum Gasteiger partial charge on any atom is 0.368 e. The van der Waals surface area contributed by atoms with Crippen LogP contribution in [0.3, 0.4) is 0 Å². The van der Waals surface area contributed by atoms with Crippen LogP contribution in [0.15, 0.2) is 53.8 Å². The average Bonchev–Trinajstić information content (AvgIpc) is 2.98. The van der Waals surface area contributed by atoms with E-state index in [0.29, 0.717) is 17.2 Å². The third-order valence-electron chi connectivity index (χ3n) is 3.80. The Labute approximate surface area is 144 Å². The highest BCUT2D eigenvalue weighted by molar-refractivity contribution is 5.58. The molecule has 0 aliphatic rings. The van der Waals surface area contributed by atoms with E-state index in [2.05, 4.69) is 17.0 Å². The maximum atomic E-state index is 12.2. The van der Waals surface area contributed by atoms with E-state index in [-0.39, 0.29) is 12.3 Å². The van der Waals surface area contributed by atoms with Crippen LogP contribution >= 0.6 is 0 Å². The van der Waals surface area contributed by atoms with Gasteiger partial charge < -0.3 is 9.47 Å². The quantitative estimate of drug-likeness (QED) is 0.689. The van der Waals surface area contributed by atoms with E-state index in [1.807, 2.05) is 36.4 Å². The van der Waals surface area contributed by atoms with Gasteiger partial charge in [0.15, 0.2) is 11.5 Å². The minimum absolute atomic E-state index is 0.223. The van der Waals surface area contributed by atoms with E-state index >= 15 is 0 Å². The molecule has 0 aliphatic carbocycles. The molecule has 0 fully saturated rings. The summed E-state index contributed by atoms with van der Waals surface area (Å²) in [6, 6.07) is 12.9. The molecule has 128 valence electrons. The third kappa shape index (κ3) is 3.16. The lowest BCUT2D eigenvalue weighted by Crippen LogP contribution is -2.23. The number of ether oxygens (including phenoxy) is 2. The fourth-order valence-electron chi connectivity index (χ4n) is 2.49. The van der Waals surface area contributed by atoms with Gasteiger partial charge in [0.1, 0.15) is 6.61 Å². The summed E-state index contributed by atoms with van der Waals surface area (Å²) in [6.45, 7) is 4.06. The Kier molecular flexibility index (Phi) is 4.65. The summed E-state index contributed by atoms with van der Waals surface area (Å²) >= 11 is 0. The van der Waals surface area contributed by atoms with Crippen LogP contribution in [-0.4, -0.2) is 26.9 Å². The molecule has 0 radical (unpaired) electrons. The molecule has 25 heavy (non-hydrogen) atoms. The largest absolute Gasteiger partial charge is 0.493 e. The van der Waals surface area contributed by atoms with Crippen molar-refractivity contribution in [2.24, 2.45) is 7.05 Å². The van der Waals surface area contributed by atoms with Gasteiger partial charge in [-0.15, -0.1) is 0 Å². The highest BCUT2D eigenvalue weighted by atomic mass is 16.5. The lowest BCUT2D eigenvalue weighted by atomic mass is 10.1. The van der Waals surface area contributed by atoms with Gasteiger partial charge in [0, 0.05) is 12.6 Å². The molecule has 3 rings (SSSR count). The highest BCUT2D eigenvalue weighted by Crippen LogP contribution is 2.28. The zero-order valence-corrected chi connectivity index (χ0v) is 14.0. The van der Waals surface area contributed by atoms with E-state index in [4.69, 9.17) is 9.47 Å². The van der Waals surface area contributed by atoms with Crippen LogP contribution in [0.5, 0.6) is 11.5 Å². The molecule has 0 unspecified atom stereocenters. The topological polar surface area (TPSA) is 71.2 Å². The lowest BCUT2D eigenvalue weighted by Gasteiger charge is -2.14. The second-order valence-corrected chi connectivity index (χ2v) is 5.29. The van der Waals surface area contributed by atoms with Crippen molar-refractivity contribution in [2.75, 3.05) is 7.11 Å². The predicted molar refractivity (Wildman–Crippen MR) is 94.0 cm³/mol. The number of hydrogen-bond acceptors (Lipinski definition) is 5. The van der Waals surface area contributed by atoms with E-state index in [9.17, 15) is 4.79 Å². The van der Waals surface area contributed by atoms with Crippen LogP contribution < -0.4 is 15.2 Å². The Morgan fingerprint density at radius 3 is 2.52 bits per heavy atom.